The third kappa shape index (κ3) is 2.85. The molecule has 2 N–H and O–H groups in total. The molecule has 1 heterocycles. The highest BCUT2D eigenvalue weighted by molar-refractivity contribution is 5.95. The summed E-state index contributed by atoms with van der Waals surface area (Å²) < 4.78 is 5.34. The van der Waals surface area contributed by atoms with Gasteiger partial charge in [-0.25, -0.2) is 0 Å². The predicted molar refractivity (Wildman–Crippen MR) is 63.4 cm³/mol. The lowest BCUT2D eigenvalue weighted by Crippen LogP contribution is -2.33. The lowest BCUT2D eigenvalue weighted by molar-refractivity contribution is 0.0775. The Morgan fingerprint density at radius 2 is 2.19 bits per heavy atom. The normalized spacial score (nSPS) is 12.6. The van der Waals surface area contributed by atoms with Crippen molar-refractivity contribution in [3.8, 4) is 0 Å². The molecule has 4 nitrogen and oxygen atoms in total. The van der Waals surface area contributed by atoms with Crippen molar-refractivity contribution in [2.45, 2.75) is 20.8 Å². The van der Waals surface area contributed by atoms with Gasteiger partial charge in [-0.05, 0) is 32.4 Å². The van der Waals surface area contributed by atoms with Crippen molar-refractivity contribution in [3.05, 3.63) is 23.2 Å². The molecule has 0 saturated carbocycles. The average Bonchev–Trinajstić information content (AvgIpc) is 2.56. The molecule has 1 aromatic heterocycles. The van der Waals surface area contributed by atoms with Crippen molar-refractivity contribution in [3.63, 3.8) is 0 Å². The topological polar surface area (TPSA) is 59.5 Å². The first-order valence-corrected chi connectivity index (χ1v) is 5.48. The number of carbonyl (C=O) groups is 1. The molecular weight excluding hydrogens is 204 g/mol. The third-order valence-corrected chi connectivity index (χ3v) is 2.61. The summed E-state index contributed by atoms with van der Waals surface area (Å²) in [5.74, 6) is 1.74. The fourth-order valence-corrected chi connectivity index (χ4v) is 1.67. The van der Waals surface area contributed by atoms with Gasteiger partial charge < -0.3 is 15.1 Å². The molecular formula is C12H20N2O2. The highest BCUT2D eigenvalue weighted by Gasteiger charge is 2.18. The van der Waals surface area contributed by atoms with Gasteiger partial charge in [0.05, 0.1) is 5.56 Å². The zero-order chi connectivity index (χ0) is 12.3. The summed E-state index contributed by atoms with van der Waals surface area (Å²) in [5, 5.41) is 0. The second-order valence-electron chi connectivity index (χ2n) is 4.35. The van der Waals surface area contributed by atoms with Crippen LogP contribution in [-0.4, -0.2) is 30.9 Å². The van der Waals surface area contributed by atoms with Gasteiger partial charge in [0.1, 0.15) is 11.5 Å². The molecule has 0 aliphatic carbocycles. The largest absolute Gasteiger partial charge is 0.466 e. The SMILES string of the molecule is Cc1cc(C(=O)N(C)CC(C)CN)c(C)o1. The number of nitrogens with two attached hydrogens (primary N) is 1. The molecule has 0 aliphatic rings. The number of furan rings is 1. The van der Waals surface area contributed by atoms with E-state index in [0.717, 1.165) is 5.76 Å². The van der Waals surface area contributed by atoms with E-state index in [-0.39, 0.29) is 5.91 Å². The Morgan fingerprint density at radius 3 is 2.62 bits per heavy atom. The molecule has 0 saturated heterocycles. The Morgan fingerprint density at radius 1 is 1.56 bits per heavy atom. The van der Waals surface area contributed by atoms with E-state index >= 15 is 0 Å². The van der Waals surface area contributed by atoms with Crippen molar-refractivity contribution in [2.24, 2.45) is 11.7 Å². The first-order valence-electron chi connectivity index (χ1n) is 5.48. The van der Waals surface area contributed by atoms with Crippen LogP contribution in [0.5, 0.6) is 0 Å². The first-order chi connectivity index (χ1) is 7.45. The Hall–Kier alpha value is -1.29. The van der Waals surface area contributed by atoms with E-state index < -0.39 is 0 Å². The Balaban J connectivity index is 2.74. The number of hydrogen-bond acceptors (Lipinski definition) is 3. The van der Waals surface area contributed by atoms with E-state index in [2.05, 4.69) is 0 Å². The lowest BCUT2D eigenvalue weighted by Gasteiger charge is -2.20. The molecule has 16 heavy (non-hydrogen) atoms. The Bertz CT molecular complexity index is 371. The maximum Gasteiger partial charge on any atom is 0.257 e. The number of carbonyl (C=O) groups excluding carboxylic acids is 1. The molecule has 0 bridgehead atoms. The van der Waals surface area contributed by atoms with Crippen LogP contribution in [0.2, 0.25) is 0 Å². The van der Waals surface area contributed by atoms with Crippen LogP contribution in [0.15, 0.2) is 10.5 Å². The van der Waals surface area contributed by atoms with Crippen LogP contribution in [0.25, 0.3) is 0 Å². The van der Waals surface area contributed by atoms with E-state index in [1.165, 1.54) is 0 Å². The quantitative estimate of drug-likeness (QED) is 0.844. The smallest absolute Gasteiger partial charge is 0.257 e. The van der Waals surface area contributed by atoms with Crippen LogP contribution in [-0.2, 0) is 0 Å². The van der Waals surface area contributed by atoms with Crippen LogP contribution in [0.4, 0.5) is 0 Å². The van der Waals surface area contributed by atoms with Gasteiger partial charge in [0.25, 0.3) is 5.91 Å². The minimum absolute atomic E-state index is 0.00495. The van der Waals surface area contributed by atoms with Crippen molar-refractivity contribution in [1.29, 1.82) is 0 Å². The second kappa shape index (κ2) is 5.16. The summed E-state index contributed by atoms with van der Waals surface area (Å²) in [6.45, 7) is 6.92. The molecule has 0 spiro atoms. The molecule has 4 heteroatoms. The zero-order valence-electron chi connectivity index (χ0n) is 10.4. The van der Waals surface area contributed by atoms with Crippen LogP contribution in [0, 0.1) is 19.8 Å². The number of aryl methyl sites for hydroxylation is 2. The number of nitrogens with zero attached hydrogens (tertiary/aromatic N) is 1. The van der Waals surface area contributed by atoms with Gasteiger partial charge in [-0.3, -0.25) is 4.79 Å². The number of hydrogen-bond donors (Lipinski definition) is 1. The van der Waals surface area contributed by atoms with Crippen LogP contribution >= 0.6 is 0 Å². The van der Waals surface area contributed by atoms with E-state index in [0.29, 0.717) is 30.3 Å². The summed E-state index contributed by atoms with van der Waals surface area (Å²) in [6, 6.07) is 1.78. The van der Waals surface area contributed by atoms with E-state index in [4.69, 9.17) is 10.2 Å². The Labute approximate surface area is 96.4 Å². The van der Waals surface area contributed by atoms with Gasteiger partial charge >= 0.3 is 0 Å². The standard InChI is InChI=1S/C12H20N2O2/c1-8(6-13)7-14(4)12(15)11-5-9(2)16-10(11)3/h5,8H,6-7,13H2,1-4H3. The fourth-order valence-electron chi connectivity index (χ4n) is 1.67. The van der Waals surface area contributed by atoms with Crippen LogP contribution < -0.4 is 5.73 Å². The fraction of sp³-hybridized carbons (Fsp3) is 0.583. The molecule has 0 aliphatic heterocycles. The highest BCUT2D eigenvalue weighted by atomic mass is 16.3. The predicted octanol–water partition coefficient (Wildman–Crippen LogP) is 1.56. The van der Waals surface area contributed by atoms with Gasteiger partial charge in [-0.2, -0.15) is 0 Å². The molecule has 1 unspecified atom stereocenters. The van der Waals surface area contributed by atoms with Gasteiger partial charge in [-0.1, -0.05) is 6.92 Å². The molecule has 1 aromatic rings. The minimum atomic E-state index is -0.00495. The van der Waals surface area contributed by atoms with Crippen LogP contribution in [0.1, 0.15) is 28.8 Å². The van der Waals surface area contributed by atoms with Gasteiger partial charge in [0, 0.05) is 13.6 Å². The molecule has 1 atom stereocenters. The monoisotopic (exact) mass is 224 g/mol. The van der Waals surface area contributed by atoms with Gasteiger partial charge in [-0.15, -0.1) is 0 Å². The van der Waals surface area contributed by atoms with E-state index in [9.17, 15) is 4.79 Å². The number of rotatable bonds is 4. The molecule has 1 rings (SSSR count). The maximum atomic E-state index is 12.1. The zero-order valence-corrected chi connectivity index (χ0v) is 10.4. The summed E-state index contributed by atoms with van der Waals surface area (Å²) >= 11 is 0. The molecule has 1 amide bonds. The van der Waals surface area contributed by atoms with Gasteiger partial charge in [0.15, 0.2) is 0 Å². The minimum Gasteiger partial charge on any atom is -0.466 e. The molecule has 0 radical (unpaired) electrons. The summed E-state index contributed by atoms with van der Waals surface area (Å²) in [7, 11) is 1.79. The van der Waals surface area contributed by atoms with Crippen molar-refractivity contribution in [2.75, 3.05) is 20.1 Å². The average molecular weight is 224 g/mol. The first kappa shape index (κ1) is 12.8. The molecule has 0 aromatic carbocycles. The Kier molecular flexibility index (Phi) is 4.12. The third-order valence-electron chi connectivity index (χ3n) is 2.61. The number of amides is 1. The lowest BCUT2D eigenvalue weighted by atomic mass is 10.1. The maximum absolute atomic E-state index is 12.1. The van der Waals surface area contributed by atoms with E-state index in [1.807, 2.05) is 13.8 Å². The van der Waals surface area contributed by atoms with Crippen molar-refractivity contribution in [1.82, 2.24) is 4.90 Å². The van der Waals surface area contributed by atoms with Gasteiger partial charge in [0.2, 0.25) is 0 Å². The van der Waals surface area contributed by atoms with Crippen LogP contribution in [0.3, 0.4) is 0 Å². The van der Waals surface area contributed by atoms with E-state index in [1.54, 1.807) is 24.9 Å². The molecule has 0 fully saturated rings. The molecule has 90 valence electrons. The van der Waals surface area contributed by atoms with Crippen molar-refractivity contribution >= 4 is 5.91 Å². The summed E-state index contributed by atoms with van der Waals surface area (Å²) in [6.07, 6.45) is 0. The second-order valence-corrected chi connectivity index (χ2v) is 4.35. The summed E-state index contributed by atoms with van der Waals surface area (Å²) in [5.41, 5.74) is 6.18. The highest BCUT2D eigenvalue weighted by Crippen LogP contribution is 2.15. The van der Waals surface area contributed by atoms with Crippen molar-refractivity contribution < 1.29 is 9.21 Å². The summed E-state index contributed by atoms with van der Waals surface area (Å²) in [4.78, 5) is 13.7.